The van der Waals surface area contributed by atoms with E-state index in [9.17, 15) is 4.79 Å². The molecule has 0 aliphatic carbocycles. The number of nitrogens with one attached hydrogen (secondary N) is 2. The van der Waals surface area contributed by atoms with Crippen molar-refractivity contribution in [2.24, 2.45) is 0 Å². The molecule has 1 aliphatic rings. The number of para-hydroxylation sites is 1. The largest absolute Gasteiger partial charge is 0.346 e. The number of quaternary nitrogens is 1. The fourth-order valence-electron chi connectivity index (χ4n) is 3.27. The average Bonchev–Trinajstić information content (AvgIpc) is 3.07. The van der Waals surface area contributed by atoms with Crippen LogP contribution in [0.1, 0.15) is 5.56 Å². The molecule has 4 rings (SSSR count). The van der Waals surface area contributed by atoms with Crippen LogP contribution < -0.4 is 10.2 Å². The Labute approximate surface area is 146 Å². The van der Waals surface area contributed by atoms with E-state index in [0.717, 1.165) is 36.6 Å². The lowest BCUT2D eigenvalue weighted by molar-refractivity contribution is -0.907. The number of rotatable bonds is 4. The summed E-state index contributed by atoms with van der Waals surface area (Å²) in [7, 11) is 0. The van der Waals surface area contributed by atoms with Crippen LogP contribution in [-0.2, 0) is 11.3 Å². The van der Waals surface area contributed by atoms with Gasteiger partial charge in [-0.25, -0.2) is 4.68 Å². The highest BCUT2D eigenvalue weighted by Gasteiger charge is 2.23. The Morgan fingerprint density at radius 2 is 1.76 bits per heavy atom. The third kappa shape index (κ3) is 3.46. The number of amides is 1. The summed E-state index contributed by atoms with van der Waals surface area (Å²) in [5.41, 5.74) is 4.30. The van der Waals surface area contributed by atoms with Gasteiger partial charge in [0.05, 0.1) is 24.3 Å². The standard InChI is InChI=1S/C20H20N4O/c25-19-15-23(12-11-21-19)13-17-14-24(18-9-5-2-6-10-18)22-20(17)16-7-3-1-4-8-16/h1-10,14H,11-13,15H2,(H,21,25)/p+1. The molecule has 1 amide bonds. The van der Waals surface area contributed by atoms with Crippen molar-refractivity contribution < 1.29 is 9.69 Å². The Bertz CT molecular complexity index is 858. The molecule has 0 spiro atoms. The monoisotopic (exact) mass is 333 g/mol. The zero-order valence-corrected chi connectivity index (χ0v) is 14.0. The van der Waals surface area contributed by atoms with E-state index in [-0.39, 0.29) is 5.91 Å². The van der Waals surface area contributed by atoms with Gasteiger partial charge in [0.1, 0.15) is 12.2 Å². The van der Waals surface area contributed by atoms with Crippen molar-refractivity contribution in [3.8, 4) is 16.9 Å². The van der Waals surface area contributed by atoms with E-state index in [1.807, 2.05) is 53.2 Å². The number of carbonyl (C=O) groups excluding carboxylic acids is 1. The first kappa shape index (κ1) is 15.6. The Morgan fingerprint density at radius 3 is 2.48 bits per heavy atom. The zero-order chi connectivity index (χ0) is 17.1. The van der Waals surface area contributed by atoms with Crippen molar-refractivity contribution in [1.82, 2.24) is 15.1 Å². The van der Waals surface area contributed by atoms with E-state index in [1.54, 1.807) is 0 Å². The molecule has 1 fully saturated rings. The summed E-state index contributed by atoms with van der Waals surface area (Å²) in [6.07, 6.45) is 2.09. The fraction of sp³-hybridized carbons (Fsp3) is 0.200. The van der Waals surface area contributed by atoms with Gasteiger partial charge in [-0.3, -0.25) is 4.79 Å². The molecule has 1 saturated heterocycles. The lowest BCUT2D eigenvalue weighted by Gasteiger charge is -2.23. The van der Waals surface area contributed by atoms with Gasteiger partial charge >= 0.3 is 0 Å². The van der Waals surface area contributed by atoms with E-state index < -0.39 is 0 Å². The van der Waals surface area contributed by atoms with Gasteiger partial charge in [-0.2, -0.15) is 5.10 Å². The third-order valence-electron chi connectivity index (χ3n) is 4.51. The molecule has 1 aromatic heterocycles. The number of nitrogens with zero attached hydrogens (tertiary/aromatic N) is 2. The van der Waals surface area contributed by atoms with E-state index in [0.29, 0.717) is 6.54 Å². The quantitative estimate of drug-likeness (QED) is 0.750. The summed E-state index contributed by atoms with van der Waals surface area (Å²) in [6, 6.07) is 20.4. The van der Waals surface area contributed by atoms with E-state index >= 15 is 0 Å². The molecule has 0 radical (unpaired) electrons. The van der Waals surface area contributed by atoms with Crippen LogP contribution in [0.5, 0.6) is 0 Å². The average molecular weight is 333 g/mol. The summed E-state index contributed by atoms with van der Waals surface area (Å²) in [4.78, 5) is 13.0. The molecule has 1 aliphatic heterocycles. The van der Waals surface area contributed by atoms with Gasteiger partial charge in [-0.15, -0.1) is 0 Å². The third-order valence-corrected chi connectivity index (χ3v) is 4.51. The highest BCUT2D eigenvalue weighted by molar-refractivity contribution is 5.77. The molecule has 25 heavy (non-hydrogen) atoms. The topological polar surface area (TPSA) is 51.4 Å². The second-order valence-corrected chi connectivity index (χ2v) is 6.35. The molecular formula is C20H21N4O+. The molecule has 3 aromatic rings. The maximum atomic E-state index is 11.7. The van der Waals surface area contributed by atoms with Crippen LogP contribution in [0.15, 0.2) is 66.9 Å². The molecular weight excluding hydrogens is 312 g/mol. The highest BCUT2D eigenvalue weighted by atomic mass is 16.2. The Balaban J connectivity index is 1.70. The van der Waals surface area contributed by atoms with E-state index in [1.165, 1.54) is 10.5 Å². The second kappa shape index (κ2) is 6.91. The molecule has 1 atom stereocenters. The molecule has 0 saturated carbocycles. The summed E-state index contributed by atoms with van der Waals surface area (Å²) in [5.74, 6) is 0.123. The first-order valence-corrected chi connectivity index (χ1v) is 8.59. The molecule has 2 N–H and O–H groups in total. The highest BCUT2D eigenvalue weighted by Crippen LogP contribution is 2.23. The van der Waals surface area contributed by atoms with Gasteiger partial charge in [0.2, 0.25) is 0 Å². The van der Waals surface area contributed by atoms with Crippen LogP contribution in [0, 0.1) is 0 Å². The predicted molar refractivity (Wildman–Crippen MR) is 96.4 cm³/mol. The van der Waals surface area contributed by atoms with E-state index in [2.05, 4.69) is 23.6 Å². The smallest absolute Gasteiger partial charge is 0.275 e. The summed E-state index contributed by atoms with van der Waals surface area (Å²) < 4.78 is 1.93. The first-order valence-electron chi connectivity index (χ1n) is 8.59. The molecule has 0 bridgehead atoms. The molecule has 5 heteroatoms. The van der Waals surface area contributed by atoms with Crippen molar-refractivity contribution in [2.45, 2.75) is 6.54 Å². The van der Waals surface area contributed by atoms with Crippen LogP contribution in [0.3, 0.4) is 0 Å². The number of piperazine rings is 1. The van der Waals surface area contributed by atoms with Crippen LogP contribution in [0.4, 0.5) is 0 Å². The molecule has 2 aromatic carbocycles. The minimum Gasteiger partial charge on any atom is -0.346 e. The van der Waals surface area contributed by atoms with Crippen molar-refractivity contribution in [2.75, 3.05) is 19.6 Å². The molecule has 1 unspecified atom stereocenters. The lowest BCUT2D eigenvalue weighted by atomic mass is 10.1. The van der Waals surface area contributed by atoms with Crippen molar-refractivity contribution in [3.63, 3.8) is 0 Å². The Hall–Kier alpha value is -2.92. The number of aromatic nitrogens is 2. The van der Waals surface area contributed by atoms with Gasteiger partial charge in [0.25, 0.3) is 5.91 Å². The summed E-state index contributed by atoms with van der Waals surface area (Å²) >= 11 is 0. The zero-order valence-electron chi connectivity index (χ0n) is 14.0. The number of benzene rings is 2. The van der Waals surface area contributed by atoms with Crippen molar-refractivity contribution in [3.05, 3.63) is 72.4 Å². The second-order valence-electron chi connectivity index (χ2n) is 6.35. The molecule has 126 valence electrons. The number of hydrogen-bond acceptors (Lipinski definition) is 2. The minimum absolute atomic E-state index is 0.123. The van der Waals surface area contributed by atoms with Crippen molar-refractivity contribution >= 4 is 5.91 Å². The minimum atomic E-state index is 0.123. The van der Waals surface area contributed by atoms with Crippen LogP contribution in [0.2, 0.25) is 0 Å². The molecule has 2 heterocycles. The first-order chi connectivity index (χ1) is 12.3. The fourth-order valence-corrected chi connectivity index (χ4v) is 3.27. The van der Waals surface area contributed by atoms with E-state index in [4.69, 9.17) is 5.10 Å². The summed E-state index contributed by atoms with van der Waals surface area (Å²) in [6.45, 7) is 2.99. The van der Waals surface area contributed by atoms with Gasteiger partial charge in [0.15, 0.2) is 6.54 Å². The SMILES string of the molecule is O=C1C[NH+](Cc2cn(-c3ccccc3)nc2-c2ccccc2)CCN1. The number of hydrogen-bond donors (Lipinski definition) is 2. The van der Waals surface area contributed by atoms with Gasteiger partial charge in [-0.05, 0) is 12.1 Å². The van der Waals surface area contributed by atoms with Gasteiger partial charge in [-0.1, -0.05) is 48.5 Å². The summed E-state index contributed by atoms with van der Waals surface area (Å²) in [5, 5.41) is 7.73. The maximum absolute atomic E-state index is 11.7. The van der Waals surface area contributed by atoms with Crippen molar-refractivity contribution in [1.29, 1.82) is 0 Å². The number of carbonyl (C=O) groups is 1. The van der Waals surface area contributed by atoms with Crippen LogP contribution in [-0.4, -0.2) is 35.3 Å². The maximum Gasteiger partial charge on any atom is 0.275 e. The van der Waals surface area contributed by atoms with Gasteiger partial charge < -0.3 is 10.2 Å². The lowest BCUT2D eigenvalue weighted by Crippen LogP contribution is -3.14. The Kier molecular flexibility index (Phi) is 4.31. The Morgan fingerprint density at radius 1 is 1.04 bits per heavy atom. The predicted octanol–water partition coefficient (Wildman–Crippen LogP) is 1.05. The van der Waals surface area contributed by atoms with Crippen LogP contribution >= 0.6 is 0 Å². The van der Waals surface area contributed by atoms with Gasteiger partial charge in [0, 0.05) is 11.8 Å². The van der Waals surface area contributed by atoms with Crippen LogP contribution in [0.25, 0.3) is 16.9 Å². The normalized spacial score (nSPS) is 17.3. The molecule has 5 nitrogen and oxygen atoms in total.